The van der Waals surface area contributed by atoms with Crippen LogP contribution in [0.3, 0.4) is 0 Å². The molecule has 0 unspecified atom stereocenters. The average molecular weight is 250 g/mol. The van der Waals surface area contributed by atoms with Gasteiger partial charge in [-0.2, -0.15) is 22.0 Å². The fourth-order valence-electron chi connectivity index (χ4n) is 1.60. The Morgan fingerprint density at radius 1 is 1.12 bits per heavy atom. The van der Waals surface area contributed by atoms with Crippen molar-refractivity contribution < 1.29 is 22.0 Å². The van der Waals surface area contributed by atoms with Gasteiger partial charge in [-0.15, -0.1) is 0 Å². The van der Waals surface area contributed by atoms with Crippen molar-refractivity contribution in [2.75, 3.05) is 0 Å². The predicted octanol–water partition coefficient (Wildman–Crippen LogP) is 3.23. The summed E-state index contributed by atoms with van der Waals surface area (Å²) in [7, 11) is 1.39. The van der Waals surface area contributed by atoms with Crippen LogP contribution in [0.25, 0.3) is 10.9 Å². The summed E-state index contributed by atoms with van der Waals surface area (Å²) in [6.07, 6.45) is -3.31. The van der Waals surface area contributed by atoms with E-state index in [1.54, 1.807) is 0 Å². The molecule has 17 heavy (non-hydrogen) atoms. The fourth-order valence-corrected chi connectivity index (χ4v) is 1.60. The summed E-state index contributed by atoms with van der Waals surface area (Å²) in [5, 5.41) is 0.293. The molecule has 2 nitrogen and oxygen atoms in total. The van der Waals surface area contributed by atoms with Gasteiger partial charge in [0.15, 0.2) is 0 Å². The van der Waals surface area contributed by atoms with E-state index in [1.807, 2.05) is 0 Å². The van der Waals surface area contributed by atoms with Gasteiger partial charge in [-0.1, -0.05) is 0 Å². The van der Waals surface area contributed by atoms with Crippen LogP contribution in [0.5, 0.6) is 0 Å². The zero-order chi connectivity index (χ0) is 12.8. The van der Waals surface area contributed by atoms with Crippen molar-refractivity contribution in [3.05, 3.63) is 30.2 Å². The van der Waals surface area contributed by atoms with Crippen molar-refractivity contribution in [1.82, 2.24) is 9.55 Å². The van der Waals surface area contributed by atoms with Crippen LogP contribution in [0.15, 0.2) is 24.5 Å². The number of aryl methyl sites for hydroxylation is 1. The fraction of sp³-hybridized carbons (Fsp3) is 0.300. The Hall–Kier alpha value is -1.66. The third-order valence-corrected chi connectivity index (χ3v) is 2.44. The minimum atomic E-state index is -5.65. The Bertz CT molecular complexity index is 555. The van der Waals surface area contributed by atoms with E-state index in [4.69, 9.17) is 0 Å². The molecule has 0 radical (unpaired) electrons. The van der Waals surface area contributed by atoms with Gasteiger partial charge in [-0.3, -0.25) is 4.98 Å². The van der Waals surface area contributed by atoms with Crippen LogP contribution in [-0.4, -0.2) is 15.7 Å². The third kappa shape index (κ3) is 1.65. The lowest BCUT2D eigenvalue weighted by Crippen LogP contribution is -2.35. The maximum atomic E-state index is 13.2. The van der Waals surface area contributed by atoms with E-state index >= 15 is 0 Å². The molecular formula is C10H7F5N2. The van der Waals surface area contributed by atoms with E-state index in [0.29, 0.717) is 5.39 Å². The van der Waals surface area contributed by atoms with Crippen LogP contribution in [0.2, 0.25) is 0 Å². The van der Waals surface area contributed by atoms with Crippen LogP contribution >= 0.6 is 0 Å². The number of nitrogens with zero attached hydrogens (tertiary/aromatic N) is 2. The zero-order valence-corrected chi connectivity index (χ0v) is 8.59. The number of fused-ring (bicyclic) bond motifs is 1. The number of hydrogen-bond donors (Lipinski definition) is 0. The standard InChI is InChI=1S/C10H7F5N2/c1-17-5-3-6-2-4-16-8(7(6)17)9(11,12)10(13,14)15/h2-5H,1H3. The van der Waals surface area contributed by atoms with Crippen molar-refractivity contribution in [1.29, 1.82) is 0 Å². The summed E-state index contributed by atoms with van der Waals surface area (Å²) in [4.78, 5) is 3.19. The molecule has 0 amide bonds. The van der Waals surface area contributed by atoms with Gasteiger partial charge in [0.2, 0.25) is 0 Å². The van der Waals surface area contributed by atoms with Crippen LogP contribution in [0.4, 0.5) is 22.0 Å². The molecule has 0 bridgehead atoms. The highest BCUT2D eigenvalue weighted by Gasteiger charge is 2.60. The summed E-state index contributed by atoms with van der Waals surface area (Å²) in [5.74, 6) is -4.96. The maximum absolute atomic E-state index is 13.2. The minimum absolute atomic E-state index is 0.213. The highest BCUT2D eigenvalue weighted by atomic mass is 19.4. The number of halogens is 5. The smallest absolute Gasteiger partial charge is 0.349 e. The molecule has 0 aliphatic rings. The third-order valence-electron chi connectivity index (χ3n) is 2.44. The molecular weight excluding hydrogens is 243 g/mol. The molecule has 2 aromatic heterocycles. The lowest BCUT2D eigenvalue weighted by atomic mass is 10.1. The normalized spacial score (nSPS) is 13.3. The van der Waals surface area contributed by atoms with Gasteiger partial charge < -0.3 is 4.57 Å². The molecule has 92 valence electrons. The first-order valence-corrected chi connectivity index (χ1v) is 4.60. The summed E-state index contributed by atoms with van der Waals surface area (Å²) in [6, 6.07) is 2.83. The lowest BCUT2D eigenvalue weighted by Gasteiger charge is -2.19. The second kappa shape index (κ2) is 3.41. The number of alkyl halides is 5. The molecule has 0 N–H and O–H groups in total. The van der Waals surface area contributed by atoms with Gasteiger partial charge >= 0.3 is 12.1 Å². The Labute approximate surface area is 92.7 Å². The van der Waals surface area contributed by atoms with Gasteiger partial charge in [0.05, 0.1) is 5.52 Å². The van der Waals surface area contributed by atoms with E-state index in [9.17, 15) is 22.0 Å². The van der Waals surface area contributed by atoms with Crippen molar-refractivity contribution in [3.63, 3.8) is 0 Å². The van der Waals surface area contributed by atoms with Crippen LogP contribution in [-0.2, 0) is 13.0 Å². The molecule has 0 spiro atoms. The monoisotopic (exact) mass is 250 g/mol. The minimum Gasteiger partial charge on any atom is -0.349 e. The Morgan fingerprint density at radius 3 is 2.35 bits per heavy atom. The Morgan fingerprint density at radius 2 is 1.76 bits per heavy atom. The van der Waals surface area contributed by atoms with Crippen LogP contribution < -0.4 is 0 Å². The maximum Gasteiger partial charge on any atom is 0.459 e. The molecule has 0 aromatic carbocycles. The summed E-state index contributed by atoms with van der Waals surface area (Å²) in [6.45, 7) is 0. The second-order valence-electron chi connectivity index (χ2n) is 3.60. The van der Waals surface area contributed by atoms with Crippen molar-refractivity contribution >= 4 is 10.9 Å². The molecule has 2 rings (SSSR count). The van der Waals surface area contributed by atoms with Crippen molar-refractivity contribution in [2.45, 2.75) is 12.1 Å². The second-order valence-corrected chi connectivity index (χ2v) is 3.60. The zero-order valence-electron chi connectivity index (χ0n) is 8.59. The van der Waals surface area contributed by atoms with Crippen LogP contribution in [0.1, 0.15) is 5.69 Å². The largest absolute Gasteiger partial charge is 0.459 e. The van der Waals surface area contributed by atoms with Crippen molar-refractivity contribution in [2.24, 2.45) is 7.05 Å². The van der Waals surface area contributed by atoms with Gasteiger partial charge in [0.25, 0.3) is 0 Å². The molecule has 0 saturated heterocycles. The van der Waals surface area contributed by atoms with Crippen LogP contribution in [0, 0.1) is 0 Å². The topological polar surface area (TPSA) is 17.8 Å². The molecule has 0 fully saturated rings. The molecule has 7 heteroatoms. The molecule has 0 aliphatic carbocycles. The molecule has 0 atom stereocenters. The number of rotatable bonds is 1. The first-order chi connectivity index (χ1) is 7.75. The SMILES string of the molecule is Cn1ccc2ccnc(C(F)(F)C(F)(F)F)c21. The molecule has 2 heterocycles. The summed E-state index contributed by atoms with van der Waals surface area (Å²) in [5.41, 5.74) is -1.48. The van der Waals surface area contributed by atoms with Crippen molar-refractivity contribution in [3.8, 4) is 0 Å². The van der Waals surface area contributed by atoms with Gasteiger partial charge in [-0.25, -0.2) is 0 Å². The number of hydrogen-bond acceptors (Lipinski definition) is 1. The summed E-state index contributed by atoms with van der Waals surface area (Å²) < 4.78 is 64.5. The van der Waals surface area contributed by atoms with E-state index in [2.05, 4.69) is 4.98 Å². The van der Waals surface area contributed by atoms with E-state index < -0.39 is 17.8 Å². The Kier molecular flexibility index (Phi) is 2.37. The lowest BCUT2D eigenvalue weighted by molar-refractivity contribution is -0.290. The quantitative estimate of drug-likeness (QED) is 0.710. The van der Waals surface area contributed by atoms with E-state index in [0.717, 1.165) is 6.20 Å². The highest BCUT2D eigenvalue weighted by Crippen LogP contribution is 2.45. The molecule has 0 aliphatic heterocycles. The Balaban J connectivity index is 2.75. The highest BCUT2D eigenvalue weighted by molar-refractivity contribution is 5.82. The number of pyridine rings is 1. The average Bonchev–Trinajstić information content (AvgIpc) is 2.59. The first kappa shape index (κ1) is 11.8. The summed E-state index contributed by atoms with van der Waals surface area (Å²) >= 11 is 0. The molecule has 2 aromatic rings. The number of aromatic nitrogens is 2. The van der Waals surface area contributed by atoms with Gasteiger partial charge in [-0.05, 0) is 12.1 Å². The van der Waals surface area contributed by atoms with Gasteiger partial charge in [0, 0.05) is 24.8 Å². The first-order valence-electron chi connectivity index (χ1n) is 4.60. The predicted molar refractivity (Wildman–Crippen MR) is 50.7 cm³/mol. The van der Waals surface area contributed by atoms with E-state index in [1.165, 1.54) is 29.9 Å². The van der Waals surface area contributed by atoms with E-state index in [-0.39, 0.29) is 5.52 Å². The van der Waals surface area contributed by atoms with Gasteiger partial charge in [0.1, 0.15) is 5.69 Å². The molecule has 0 saturated carbocycles.